The van der Waals surface area contributed by atoms with Crippen LogP contribution < -0.4 is 0 Å². The van der Waals surface area contributed by atoms with Gasteiger partial charge in [0.25, 0.3) is 0 Å². The molecule has 0 amide bonds. The maximum absolute atomic E-state index is 13.2. The lowest BCUT2D eigenvalue weighted by Gasteiger charge is -2.23. The molecule has 1 aliphatic rings. The zero-order valence-corrected chi connectivity index (χ0v) is 13.5. The second-order valence-electron chi connectivity index (χ2n) is 6.23. The van der Waals surface area contributed by atoms with E-state index in [9.17, 15) is 9.50 Å². The number of tetrazole rings is 1. The van der Waals surface area contributed by atoms with Crippen molar-refractivity contribution in [1.29, 1.82) is 0 Å². The van der Waals surface area contributed by atoms with E-state index in [2.05, 4.69) is 20.4 Å². The summed E-state index contributed by atoms with van der Waals surface area (Å²) in [4.78, 5) is 2.13. The van der Waals surface area contributed by atoms with Crippen molar-refractivity contribution in [3.8, 4) is 5.69 Å². The van der Waals surface area contributed by atoms with E-state index in [1.807, 2.05) is 30.3 Å². The summed E-state index contributed by atoms with van der Waals surface area (Å²) in [5.74, 6) is 0.439. The zero-order chi connectivity index (χ0) is 17.2. The standard InChI is InChI=1S/C18H18FN5O/c19-14-8-6-13(7-9-14)17-10-16(25)11-23(17)12-18-20-21-22-24(18)15-4-2-1-3-5-15/h1-9,16-17,25H,10-12H2/t16-,17+/m0/s1. The van der Waals surface area contributed by atoms with Crippen LogP contribution in [0, 0.1) is 5.82 Å². The van der Waals surface area contributed by atoms with Crippen LogP contribution in [0.3, 0.4) is 0 Å². The van der Waals surface area contributed by atoms with Crippen LogP contribution in [0.5, 0.6) is 0 Å². The van der Waals surface area contributed by atoms with Crippen LogP contribution in [0.2, 0.25) is 0 Å². The first kappa shape index (κ1) is 15.9. The van der Waals surface area contributed by atoms with Gasteiger partial charge in [0, 0.05) is 12.6 Å². The molecule has 0 unspecified atom stereocenters. The van der Waals surface area contributed by atoms with Crippen molar-refractivity contribution in [1.82, 2.24) is 25.1 Å². The first-order valence-corrected chi connectivity index (χ1v) is 8.21. The lowest BCUT2D eigenvalue weighted by Crippen LogP contribution is -2.26. The number of benzene rings is 2. The predicted molar refractivity (Wildman–Crippen MR) is 89.3 cm³/mol. The average molecular weight is 339 g/mol. The lowest BCUT2D eigenvalue weighted by atomic mass is 10.0. The normalized spacial score (nSPS) is 20.9. The lowest BCUT2D eigenvalue weighted by molar-refractivity contribution is 0.171. The van der Waals surface area contributed by atoms with Gasteiger partial charge in [-0.2, -0.15) is 4.68 Å². The molecule has 3 aromatic rings. The zero-order valence-electron chi connectivity index (χ0n) is 13.5. The third-order valence-electron chi connectivity index (χ3n) is 4.52. The van der Waals surface area contributed by atoms with Crippen molar-refractivity contribution in [2.75, 3.05) is 6.54 Å². The van der Waals surface area contributed by atoms with Crippen molar-refractivity contribution < 1.29 is 9.50 Å². The van der Waals surface area contributed by atoms with E-state index in [-0.39, 0.29) is 11.9 Å². The molecule has 1 aliphatic heterocycles. The molecule has 0 spiro atoms. The average Bonchev–Trinajstić information content (AvgIpc) is 3.23. The second-order valence-corrected chi connectivity index (χ2v) is 6.23. The molecular weight excluding hydrogens is 321 g/mol. The smallest absolute Gasteiger partial charge is 0.170 e. The molecule has 7 heteroatoms. The SMILES string of the molecule is O[C@H]1C[C@H](c2ccc(F)cc2)N(Cc2nnnn2-c2ccccc2)C1. The number of halogens is 1. The van der Waals surface area contributed by atoms with Crippen LogP contribution in [-0.4, -0.2) is 42.9 Å². The molecule has 1 aromatic heterocycles. The monoisotopic (exact) mass is 339 g/mol. The molecule has 25 heavy (non-hydrogen) atoms. The van der Waals surface area contributed by atoms with Crippen LogP contribution >= 0.6 is 0 Å². The van der Waals surface area contributed by atoms with Crippen molar-refractivity contribution in [3.63, 3.8) is 0 Å². The van der Waals surface area contributed by atoms with Crippen molar-refractivity contribution in [2.45, 2.75) is 25.1 Å². The quantitative estimate of drug-likeness (QED) is 0.788. The van der Waals surface area contributed by atoms with Gasteiger partial charge in [0.05, 0.1) is 18.3 Å². The number of β-amino-alcohol motifs (C(OH)–C–C–N with tert-alkyl or cyclic N) is 1. The number of aliphatic hydroxyl groups excluding tert-OH is 1. The number of para-hydroxylation sites is 1. The Morgan fingerprint density at radius 2 is 1.84 bits per heavy atom. The third-order valence-corrected chi connectivity index (χ3v) is 4.52. The first-order chi connectivity index (χ1) is 12.2. The first-order valence-electron chi connectivity index (χ1n) is 8.21. The summed E-state index contributed by atoms with van der Waals surface area (Å²) < 4.78 is 14.9. The number of aliphatic hydroxyl groups is 1. The molecule has 0 saturated carbocycles. The number of rotatable bonds is 4. The van der Waals surface area contributed by atoms with Gasteiger partial charge in [-0.3, -0.25) is 4.90 Å². The van der Waals surface area contributed by atoms with Crippen molar-refractivity contribution in [2.24, 2.45) is 0 Å². The summed E-state index contributed by atoms with van der Waals surface area (Å²) in [7, 11) is 0. The summed E-state index contributed by atoms with van der Waals surface area (Å²) in [5, 5.41) is 22.1. The van der Waals surface area contributed by atoms with Gasteiger partial charge in [-0.1, -0.05) is 30.3 Å². The molecule has 2 aromatic carbocycles. The van der Waals surface area contributed by atoms with Crippen LogP contribution in [0.4, 0.5) is 4.39 Å². The Balaban J connectivity index is 1.59. The molecule has 1 saturated heterocycles. The topological polar surface area (TPSA) is 67.1 Å². The van der Waals surface area contributed by atoms with E-state index in [0.717, 1.165) is 11.3 Å². The Bertz CT molecular complexity index is 836. The molecule has 4 rings (SSSR count). The molecule has 6 nitrogen and oxygen atoms in total. The van der Waals surface area contributed by atoms with E-state index in [1.165, 1.54) is 12.1 Å². The number of likely N-dealkylation sites (tertiary alicyclic amines) is 1. The summed E-state index contributed by atoms with van der Waals surface area (Å²) >= 11 is 0. The Morgan fingerprint density at radius 3 is 2.60 bits per heavy atom. The Hall–Kier alpha value is -2.64. The highest BCUT2D eigenvalue weighted by molar-refractivity contribution is 5.30. The highest BCUT2D eigenvalue weighted by Gasteiger charge is 2.33. The van der Waals surface area contributed by atoms with Gasteiger partial charge in [0.2, 0.25) is 0 Å². The number of hydrogen-bond donors (Lipinski definition) is 1. The highest BCUT2D eigenvalue weighted by atomic mass is 19.1. The maximum atomic E-state index is 13.2. The fourth-order valence-corrected chi connectivity index (χ4v) is 3.34. The van der Waals surface area contributed by atoms with Crippen LogP contribution in [-0.2, 0) is 6.54 Å². The highest BCUT2D eigenvalue weighted by Crippen LogP contribution is 2.33. The molecular formula is C18H18FN5O. The van der Waals surface area contributed by atoms with Gasteiger partial charge in [-0.15, -0.1) is 5.10 Å². The minimum atomic E-state index is -0.420. The van der Waals surface area contributed by atoms with Crippen LogP contribution in [0.15, 0.2) is 54.6 Å². The second kappa shape index (κ2) is 6.70. The largest absolute Gasteiger partial charge is 0.392 e. The molecule has 2 heterocycles. The van der Waals surface area contributed by atoms with Gasteiger partial charge in [0.15, 0.2) is 5.82 Å². The molecule has 128 valence electrons. The van der Waals surface area contributed by atoms with E-state index < -0.39 is 6.10 Å². The summed E-state index contributed by atoms with van der Waals surface area (Å²) in [6.07, 6.45) is 0.189. The van der Waals surface area contributed by atoms with Crippen molar-refractivity contribution in [3.05, 3.63) is 71.8 Å². The van der Waals surface area contributed by atoms with Gasteiger partial charge in [-0.25, -0.2) is 4.39 Å². The van der Waals surface area contributed by atoms with E-state index in [0.29, 0.717) is 25.3 Å². The fraction of sp³-hybridized carbons (Fsp3) is 0.278. The summed E-state index contributed by atoms with van der Waals surface area (Å²) in [5.41, 5.74) is 1.87. The van der Waals surface area contributed by atoms with E-state index in [1.54, 1.807) is 16.8 Å². The Kier molecular flexibility index (Phi) is 4.25. The Labute approximate surface area is 144 Å². The van der Waals surface area contributed by atoms with E-state index >= 15 is 0 Å². The fourth-order valence-electron chi connectivity index (χ4n) is 3.34. The van der Waals surface area contributed by atoms with Crippen molar-refractivity contribution >= 4 is 0 Å². The maximum Gasteiger partial charge on any atom is 0.170 e. The molecule has 1 N–H and O–H groups in total. The van der Waals surface area contributed by atoms with Gasteiger partial charge >= 0.3 is 0 Å². The summed E-state index contributed by atoms with van der Waals surface area (Å²) in [6.45, 7) is 1.03. The van der Waals surface area contributed by atoms with E-state index in [4.69, 9.17) is 0 Å². The Morgan fingerprint density at radius 1 is 1.08 bits per heavy atom. The number of hydrogen-bond acceptors (Lipinski definition) is 5. The molecule has 0 aliphatic carbocycles. The van der Waals surface area contributed by atoms with Gasteiger partial charge < -0.3 is 5.11 Å². The van der Waals surface area contributed by atoms with Crippen LogP contribution in [0.25, 0.3) is 5.69 Å². The molecule has 2 atom stereocenters. The number of aromatic nitrogens is 4. The summed E-state index contributed by atoms with van der Waals surface area (Å²) in [6, 6.07) is 16.1. The van der Waals surface area contributed by atoms with Gasteiger partial charge in [-0.05, 0) is 46.7 Å². The minimum Gasteiger partial charge on any atom is -0.392 e. The van der Waals surface area contributed by atoms with Crippen LogP contribution in [0.1, 0.15) is 23.9 Å². The predicted octanol–water partition coefficient (Wildman–Crippen LogP) is 2.11. The van der Waals surface area contributed by atoms with Gasteiger partial charge in [0.1, 0.15) is 5.82 Å². The number of nitrogens with zero attached hydrogens (tertiary/aromatic N) is 5. The third kappa shape index (κ3) is 3.29. The minimum absolute atomic E-state index is 0.0107. The molecule has 1 fully saturated rings. The molecule has 0 radical (unpaired) electrons. The molecule has 0 bridgehead atoms.